The van der Waals surface area contributed by atoms with E-state index in [1.165, 1.54) is 25.0 Å². The van der Waals surface area contributed by atoms with Crippen LogP contribution in [0.1, 0.15) is 59.8 Å². The van der Waals surface area contributed by atoms with Crippen LogP contribution in [0.2, 0.25) is 0 Å². The van der Waals surface area contributed by atoms with Gasteiger partial charge in [-0.3, -0.25) is 5.32 Å². The molecular formula is C15H28N2S. The molecule has 0 aromatic carbocycles. The van der Waals surface area contributed by atoms with Crippen molar-refractivity contribution in [1.29, 1.82) is 5.26 Å². The molecule has 3 heteroatoms. The topological polar surface area (TPSA) is 35.8 Å². The molecule has 1 rings (SSSR count). The Kier molecular flexibility index (Phi) is 6.52. The van der Waals surface area contributed by atoms with Crippen LogP contribution in [-0.2, 0) is 0 Å². The van der Waals surface area contributed by atoms with E-state index in [9.17, 15) is 5.26 Å². The molecule has 2 nitrogen and oxygen atoms in total. The van der Waals surface area contributed by atoms with Gasteiger partial charge in [-0.2, -0.15) is 17.0 Å². The lowest BCUT2D eigenvalue weighted by Crippen LogP contribution is -2.42. The maximum atomic E-state index is 9.26. The predicted molar refractivity (Wildman–Crippen MR) is 80.8 cm³/mol. The molecule has 0 aromatic rings. The third-order valence-corrected chi connectivity index (χ3v) is 5.33. The minimum Gasteiger partial charge on any atom is -0.297 e. The van der Waals surface area contributed by atoms with E-state index in [4.69, 9.17) is 0 Å². The molecule has 2 atom stereocenters. The van der Waals surface area contributed by atoms with E-state index >= 15 is 0 Å². The molecule has 0 saturated heterocycles. The molecule has 0 aromatic heterocycles. The average molecular weight is 268 g/mol. The highest BCUT2D eigenvalue weighted by Gasteiger charge is 2.31. The van der Waals surface area contributed by atoms with Gasteiger partial charge in [-0.15, -0.1) is 0 Å². The van der Waals surface area contributed by atoms with E-state index in [0.29, 0.717) is 6.04 Å². The Hall–Kier alpha value is -0.200. The molecule has 0 radical (unpaired) electrons. The van der Waals surface area contributed by atoms with Gasteiger partial charge in [0.25, 0.3) is 0 Å². The Balaban J connectivity index is 2.10. The minimum absolute atomic E-state index is 0.296. The maximum absolute atomic E-state index is 9.26. The Labute approximate surface area is 117 Å². The summed E-state index contributed by atoms with van der Waals surface area (Å²) < 4.78 is 0. The number of nitriles is 1. The summed E-state index contributed by atoms with van der Waals surface area (Å²) in [6.45, 7) is 8.92. The first-order chi connectivity index (χ1) is 8.47. The summed E-state index contributed by atoms with van der Waals surface area (Å²) in [5.74, 6) is 1.99. The van der Waals surface area contributed by atoms with Crippen LogP contribution in [0.25, 0.3) is 0 Å². The summed E-state index contributed by atoms with van der Waals surface area (Å²) in [6.07, 6.45) is 5.86. The monoisotopic (exact) mass is 268 g/mol. The number of hydrogen-bond donors (Lipinski definition) is 1. The molecule has 18 heavy (non-hydrogen) atoms. The smallest absolute Gasteiger partial charge is 0.104 e. The van der Waals surface area contributed by atoms with Crippen LogP contribution in [0.3, 0.4) is 0 Å². The van der Waals surface area contributed by atoms with E-state index in [0.717, 1.165) is 24.0 Å². The van der Waals surface area contributed by atoms with Crippen LogP contribution in [0, 0.1) is 17.2 Å². The predicted octanol–water partition coefficient (Wildman–Crippen LogP) is 3.97. The van der Waals surface area contributed by atoms with E-state index in [1.807, 2.05) is 0 Å². The Bertz CT molecular complexity index is 281. The van der Waals surface area contributed by atoms with Crippen molar-refractivity contribution in [1.82, 2.24) is 5.32 Å². The number of rotatable bonds is 9. The largest absolute Gasteiger partial charge is 0.297 e. The van der Waals surface area contributed by atoms with Gasteiger partial charge < -0.3 is 0 Å². The second-order valence-electron chi connectivity index (χ2n) is 6.14. The summed E-state index contributed by atoms with van der Waals surface area (Å²) in [4.78, 5) is 0. The number of thioether (sulfide) groups is 1. The van der Waals surface area contributed by atoms with E-state index in [2.05, 4.69) is 50.8 Å². The Morgan fingerprint density at radius 3 is 2.50 bits per heavy atom. The molecule has 0 aliphatic heterocycles. The van der Waals surface area contributed by atoms with Crippen molar-refractivity contribution in [3.05, 3.63) is 0 Å². The van der Waals surface area contributed by atoms with Gasteiger partial charge in [0.2, 0.25) is 0 Å². The summed E-state index contributed by atoms with van der Waals surface area (Å²) in [6, 6.07) is 3.07. The first kappa shape index (κ1) is 15.9. The van der Waals surface area contributed by atoms with Gasteiger partial charge in [0.1, 0.15) is 5.54 Å². The summed E-state index contributed by atoms with van der Waals surface area (Å²) >= 11 is 2.07. The highest BCUT2D eigenvalue weighted by atomic mass is 32.2. The van der Waals surface area contributed by atoms with Crippen LogP contribution in [-0.4, -0.2) is 22.6 Å². The van der Waals surface area contributed by atoms with Crippen molar-refractivity contribution in [2.24, 2.45) is 5.92 Å². The Morgan fingerprint density at radius 1 is 1.33 bits per heavy atom. The van der Waals surface area contributed by atoms with Crippen molar-refractivity contribution in [3.8, 4) is 6.07 Å². The van der Waals surface area contributed by atoms with E-state index in [-0.39, 0.29) is 5.54 Å². The van der Waals surface area contributed by atoms with Crippen molar-refractivity contribution in [3.63, 3.8) is 0 Å². The van der Waals surface area contributed by atoms with Gasteiger partial charge >= 0.3 is 0 Å². The zero-order chi connectivity index (χ0) is 13.6. The summed E-state index contributed by atoms with van der Waals surface area (Å²) in [5, 5.41) is 13.5. The van der Waals surface area contributed by atoms with E-state index in [1.54, 1.807) is 0 Å². The molecule has 0 heterocycles. The van der Waals surface area contributed by atoms with Crippen LogP contribution < -0.4 is 5.32 Å². The molecule has 1 aliphatic rings. The lowest BCUT2D eigenvalue weighted by molar-refractivity contribution is 0.402. The molecule has 2 unspecified atom stereocenters. The zero-order valence-electron chi connectivity index (χ0n) is 12.3. The van der Waals surface area contributed by atoms with E-state index < -0.39 is 0 Å². The molecule has 0 bridgehead atoms. The first-order valence-electron chi connectivity index (χ1n) is 7.27. The second kappa shape index (κ2) is 7.40. The van der Waals surface area contributed by atoms with Gasteiger partial charge in [-0.05, 0) is 50.7 Å². The van der Waals surface area contributed by atoms with Gasteiger partial charge in [0.15, 0.2) is 0 Å². The molecule has 1 saturated carbocycles. The molecule has 1 N–H and O–H groups in total. The minimum atomic E-state index is -0.296. The fraction of sp³-hybridized carbons (Fsp3) is 0.933. The van der Waals surface area contributed by atoms with Gasteiger partial charge in [-0.1, -0.05) is 20.8 Å². The third kappa shape index (κ3) is 6.11. The fourth-order valence-electron chi connectivity index (χ4n) is 1.88. The molecular weight excluding hydrogens is 240 g/mol. The SMILES string of the molecule is CC(C)C(C)SCCCCC(C)(C#N)NC1CC1. The fourth-order valence-corrected chi connectivity index (χ4v) is 3.01. The molecule has 1 aliphatic carbocycles. The first-order valence-corrected chi connectivity index (χ1v) is 8.32. The maximum Gasteiger partial charge on any atom is 0.104 e. The molecule has 0 amide bonds. The van der Waals surface area contributed by atoms with Crippen LogP contribution in [0.15, 0.2) is 0 Å². The standard InChI is InChI=1S/C15H28N2S/c1-12(2)13(3)18-10-6-5-9-15(4,11-16)17-14-7-8-14/h12-14,17H,5-10H2,1-4H3. The van der Waals surface area contributed by atoms with Crippen LogP contribution in [0.5, 0.6) is 0 Å². The molecule has 1 fully saturated rings. The number of nitrogens with one attached hydrogen (secondary N) is 1. The van der Waals surface area contributed by atoms with Crippen molar-refractivity contribution < 1.29 is 0 Å². The Morgan fingerprint density at radius 2 is 2.00 bits per heavy atom. The highest BCUT2D eigenvalue weighted by Crippen LogP contribution is 2.25. The molecule has 104 valence electrons. The summed E-state index contributed by atoms with van der Waals surface area (Å²) in [7, 11) is 0. The molecule has 0 spiro atoms. The third-order valence-electron chi connectivity index (χ3n) is 3.74. The van der Waals surface area contributed by atoms with Gasteiger partial charge in [0.05, 0.1) is 6.07 Å². The highest BCUT2D eigenvalue weighted by molar-refractivity contribution is 7.99. The summed E-state index contributed by atoms with van der Waals surface area (Å²) in [5.41, 5.74) is -0.296. The van der Waals surface area contributed by atoms with Gasteiger partial charge in [-0.25, -0.2) is 0 Å². The second-order valence-corrected chi connectivity index (χ2v) is 7.62. The van der Waals surface area contributed by atoms with Crippen molar-refractivity contribution >= 4 is 11.8 Å². The van der Waals surface area contributed by atoms with Crippen LogP contribution in [0.4, 0.5) is 0 Å². The lowest BCUT2D eigenvalue weighted by Gasteiger charge is -2.23. The normalized spacial score (nSPS) is 20.4. The quantitative estimate of drug-likeness (QED) is 0.643. The number of hydrogen-bond acceptors (Lipinski definition) is 3. The van der Waals surface area contributed by atoms with Crippen molar-refractivity contribution in [2.75, 3.05) is 5.75 Å². The lowest BCUT2D eigenvalue weighted by atomic mass is 9.96. The van der Waals surface area contributed by atoms with Crippen molar-refractivity contribution in [2.45, 2.75) is 76.6 Å². The number of nitrogens with zero attached hydrogens (tertiary/aromatic N) is 1. The average Bonchev–Trinajstić information content (AvgIpc) is 3.12. The van der Waals surface area contributed by atoms with Crippen LogP contribution >= 0.6 is 11.8 Å². The number of unbranched alkanes of at least 4 members (excludes halogenated alkanes) is 1. The zero-order valence-corrected chi connectivity index (χ0v) is 13.1. The van der Waals surface area contributed by atoms with Gasteiger partial charge in [0, 0.05) is 11.3 Å².